The van der Waals surface area contributed by atoms with Crippen LogP contribution in [0, 0.1) is 0 Å². The van der Waals surface area contributed by atoms with Crippen LogP contribution >= 0.6 is 11.8 Å². The highest BCUT2D eigenvalue weighted by molar-refractivity contribution is 8.18. The second-order valence-electron chi connectivity index (χ2n) is 6.31. The number of carbonyl (C=O) groups excluding carboxylic acids is 1. The Morgan fingerprint density at radius 2 is 1.71 bits per heavy atom. The number of nitrogens with zero attached hydrogens (tertiary/aromatic N) is 1. The summed E-state index contributed by atoms with van der Waals surface area (Å²) in [6.45, 7) is -0.561. The molecule has 11 heteroatoms. The van der Waals surface area contributed by atoms with Gasteiger partial charge in [0.1, 0.15) is 18.2 Å². The Balaban J connectivity index is 1.75. The number of thioether (sulfide) groups is 1. The summed E-state index contributed by atoms with van der Waals surface area (Å²) in [6, 6.07) is 7.67. The van der Waals surface area contributed by atoms with Gasteiger partial charge >= 0.3 is 17.6 Å². The van der Waals surface area contributed by atoms with E-state index in [1.165, 1.54) is 12.1 Å². The molecule has 1 N–H and O–H groups in total. The number of alkyl halides is 6. The van der Waals surface area contributed by atoms with Gasteiger partial charge in [0.2, 0.25) is 0 Å². The van der Waals surface area contributed by atoms with Gasteiger partial charge in [0.25, 0.3) is 0 Å². The van der Waals surface area contributed by atoms with Crippen molar-refractivity contribution in [3.05, 3.63) is 69.6 Å². The maximum atomic E-state index is 13.2. The molecule has 0 saturated heterocycles. The standard InChI is InChI=1S/C20H14F6N2O2S/c1-27-17-16(31-18(29)28-17)8-11-2-6-14(7-3-11)30-10-12-4-5-13(19(21,22)23)9-15(12)20(24,25)26/h2-9H,10H2,1H3,(H,27,28,29)/b16-8-. The predicted molar refractivity (Wildman–Crippen MR) is 105 cm³/mol. The summed E-state index contributed by atoms with van der Waals surface area (Å²) in [6.07, 6.45) is -8.14. The van der Waals surface area contributed by atoms with Crippen molar-refractivity contribution < 1.29 is 35.9 Å². The van der Waals surface area contributed by atoms with Crippen molar-refractivity contribution in [2.75, 3.05) is 7.05 Å². The van der Waals surface area contributed by atoms with Crippen LogP contribution in [0.3, 0.4) is 0 Å². The van der Waals surface area contributed by atoms with E-state index in [1.807, 2.05) is 0 Å². The molecule has 0 aromatic heterocycles. The van der Waals surface area contributed by atoms with Gasteiger partial charge in [-0.2, -0.15) is 31.3 Å². The lowest BCUT2D eigenvalue weighted by molar-refractivity contribution is -0.143. The molecule has 1 aliphatic rings. The number of aliphatic imine (C=N–C) groups is 1. The largest absolute Gasteiger partial charge is 0.489 e. The van der Waals surface area contributed by atoms with Crippen LogP contribution in [0.15, 0.2) is 52.4 Å². The summed E-state index contributed by atoms with van der Waals surface area (Å²) in [7, 11) is 1.62. The fraction of sp³-hybridized carbons (Fsp3) is 0.200. The van der Waals surface area contributed by atoms with Crippen LogP contribution in [0.1, 0.15) is 22.3 Å². The number of hydrogen-bond acceptors (Lipinski definition) is 4. The number of ether oxygens (including phenoxy) is 1. The van der Waals surface area contributed by atoms with E-state index >= 15 is 0 Å². The van der Waals surface area contributed by atoms with Gasteiger partial charge in [0.15, 0.2) is 0 Å². The summed E-state index contributed by atoms with van der Waals surface area (Å²) >= 11 is 0.950. The predicted octanol–water partition coefficient (Wildman–Crippen LogP) is 6.13. The zero-order chi connectivity index (χ0) is 22.8. The first-order valence-electron chi connectivity index (χ1n) is 8.68. The van der Waals surface area contributed by atoms with Gasteiger partial charge in [0, 0.05) is 12.6 Å². The smallest absolute Gasteiger partial charge is 0.416 e. The van der Waals surface area contributed by atoms with Crippen LogP contribution < -0.4 is 10.1 Å². The number of carbonyl (C=O) groups is 1. The Kier molecular flexibility index (Phi) is 6.35. The molecular weight excluding hydrogens is 446 g/mol. The average molecular weight is 460 g/mol. The van der Waals surface area contributed by atoms with Crippen LogP contribution in [0.5, 0.6) is 5.75 Å². The highest BCUT2D eigenvalue weighted by Gasteiger charge is 2.38. The van der Waals surface area contributed by atoms with E-state index in [4.69, 9.17) is 4.74 Å². The molecule has 4 nitrogen and oxygen atoms in total. The maximum absolute atomic E-state index is 13.2. The van der Waals surface area contributed by atoms with Crippen LogP contribution in [0.25, 0.3) is 6.08 Å². The molecule has 164 valence electrons. The fourth-order valence-electron chi connectivity index (χ4n) is 2.70. The van der Waals surface area contributed by atoms with Crippen molar-refractivity contribution in [2.45, 2.75) is 19.0 Å². The number of benzene rings is 2. The summed E-state index contributed by atoms with van der Waals surface area (Å²) in [4.78, 5) is 15.8. The molecule has 0 bridgehead atoms. The monoisotopic (exact) mass is 460 g/mol. The Hall–Kier alpha value is -2.95. The number of likely N-dealkylation sites (N-methyl/N-ethyl adjacent to an activating group) is 1. The Morgan fingerprint density at radius 3 is 2.29 bits per heavy atom. The molecule has 0 aliphatic carbocycles. The number of amidine groups is 1. The molecule has 0 radical (unpaired) electrons. The van der Waals surface area contributed by atoms with Gasteiger partial charge in [-0.05, 0) is 47.7 Å². The third-order valence-corrected chi connectivity index (χ3v) is 4.98. The Labute approximate surface area is 177 Å². The molecule has 2 aromatic carbocycles. The first-order valence-corrected chi connectivity index (χ1v) is 9.49. The van der Waals surface area contributed by atoms with Crippen molar-refractivity contribution in [3.63, 3.8) is 0 Å². The van der Waals surface area contributed by atoms with Gasteiger partial charge < -0.3 is 10.1 Å². The molecule has 2 aromatic rings. The van der Waals surface area contributed by atoms with Gasteiger partial charge in [-0.15, -0.1) is 0 Å². The normalized spacial score (nSPS) is 15.9. The van der Waals surface area contributed by atoms with E-state index in [2.05, 4.69) is 10.3 Å². The molecule has 0 saturated carbocycles. The molecule has 1 amide bonds. The zero-order valence-corrected chi connectivity index (χ0v) is 16.6. The summed E-state index contributed by atoms with van der Waals surface area (Å²) in [5, 5.41) is 2.44. The molecule has 0 spiro atoms. The van der Waals surface area contributed by atoms with Gasteiger partial charge in [-0.25, -0.2) is 0 Å². The third kappa shape index (κ3) is 5.60. The van der Waals surface area contributed by atoms with Crippen LogP contribution in [-0.2, 0) is 19.0 Å². The molecule has 0 fully saturated rings. The first-order chi connectivity index (χ1) is 14.5. The van der Waals surface area contributed by atoms with E-state index in [-0.39, 0.29) is 17.1 Å². The van der Waals surface area contributed by atoms with E-state index in [9.17, 15) is 31.1 Å². The summed E-state index contributed by atoms with van der Waals surface area (Å²) < 4.78 is 83.2. The molecule has 0 atom stereocenters. The lowest BCUT2D eigenvalue weighted by atomic mass is 10.0. The molecule has 1 heterocycles. The minimum Gasteiger partial charge on any atom is -0.489 e. The number of halogens is 6. The van der Waals surface area contributed by atoms with Crippen LogP contribution in [0.2, 0.25) is 0 Å². The van der Waals surface area contributed by atoms with Crippen molar-refractivity contribution >= 4 is 28.9 Å². The van der Waals surface area contributed by atoms with Crippen LogP contribution in [-0.4, -0.2) is 18.1 Å². The number of hydrogen-bond donors (Lipinski definition) is 1. The third-order valence-electron chi connectivity index (χ3n) is 4.19. The SMILES string of the molecule is CNC1=NC(=O)S/C1=C\c1ccc(OCc2ccc(C(F)(F)F)cc2C(F)(F)F)cc1. The zero-order valence-electron chi connectivity index (χ0n) is 15.8. The van der Waals surface area contributed by atoms with E-state index in [1.54, 1.807) is 25.3 Å². The molecule has 3 rings (SSSR count). The molecule has 0 unspecified atom stereocenters. The maximum Gasteiger partial charge on any atom is 0.416 e. The highest BCUT2D eigenvalue weighted by Crippen LogP contribution is 2.37. The van der Waals surface area contributed by atoms with Crippen molar-refractivity contribution in [2.24, 2.45) is 4.99 Å². The van der Waals surface area contributed by atoms with E-state index in [0.717, 1.165) is 17.8 Å². The summed E-state index contributed by atoms with van der Waals surface area (Å²) in [5.74, 6) is 0.658. The van der Waals surface area contributed by atoms with Crippen molar-refractivity contribution in [3.8, 4) is 5.75 Å². The molecule has 31 heavy (non-hydrogen) atoms. The minimum absolute atomic E-state index is 0.0788. The average Bonchev–Trinajstić information content (AvgIpc) is 3.05. The lowest BCUT2D eigenvalue weighted by Gasteiger charge is -2.16. The number of rotatable bonds is 4. The van der Waals surface area contributed by atoms with Crippen molar-refractivity contribution in [1.82, 2.24) is 5.32 Å². The fourth-order valence-corrected chi connectivity index (χ4v) is 3.47. The van der Waals surface area contributed by atoms with E-state index < -0.39 is 35.6 Å². The Morgan fingerprint density at radius 1 is 1.03 bits per heavy atom. The number of nitrogens with one attached hydrogen (secondary N) is 1. The second kappa shape index (κ2) is 8.66. The second-order valence-corrected chi connectivity index (χ2v) is 7.31. The minimum atomic E-state index is -4.96. The summed E-state index contributed by atoms with van der Waals surface area (Å²) in [5.41, 5.74) is -2.50. The molecule has 1 aliphatic heterocycles. The first kappa shape index (κ1) is 22.7. The van der Waals surface area contributed by atoms with Gasteiger partial charge in [-0.1, -0.05) is 18.2 Å². The van der Waals surface area contributed by atoms with Gasteiger partial charge in [-0.3, -0.25) is 4.79 Å². The van der Waals surface area contributed by atoms with E-state index in [0.29, 0.717) is 22.4 Å². The van der Waals surface area contributed by atoms with Crippen LogP contribution in [0.4, 0.5) is 31.1 Å². The van der Waals surface area contributed by atoms with Gasteiger partial charge in [0.05, 0.1) is 16.0 Å². The number of amides is 1. The highest BCUT2D eigenvalue weighted by atomic mass is 32.2. The lowest BCUT2D eigenvalue weighted by Crippen LogP contribution is -2.16. The molecular formula is C20H14F6N2O2S. The van der Waals surface area contributed by atoms with Crippen molar-refractivity contribution in [1.29, 1.82) is 0 Å². The quantitative estimate of drug-likeness (QED) is 0.558. The topological polar surface area (TPSA) is 50.7 Å². The Bertz CT molecular complexity index is 1040.